The first-order valence-electron chi connectivity index (χ1n) is 5.09. The Labute approximate surface area is 98.7 Å². The van der Waals surface area contributed by atoms with Gasteiger partial charge in [0.25, 0.3) is 0 Å². The molecule has 0 saturated carbocycles. The first-order chi connectivity index (χ1) is 8.06. The summed E-state index contributed by atoms with van der Waals surface area (Å²) in [4.78, 5) is 21.5. The molecule has 0 radical (unpaired) electrons. The summed E-state index contributed by atoms with van der Waals surface area (Å²) in [7, 11) is 1.22. The lowest BCUT2D eigenvalue weighted by atomic mass is 10.0. The highest BCUT2D eigenvalue weighted by Crippen LogP contribution is 2.18. The number of ether oxygens (including phenoxy) is 1. The third-order valence-corrected chi connectivity index (χ3v) is 2.43. The van der Waals surface area contributed by atoms with Crippen LogP contribution in [0.3, 0.4) is 0 Å². The molecule has 0 heterocycles. The third-order valence-electron chi connectivity index (χ3n) is 2.43. The van der Waals surface area contributed by atoms with Gasteiger partial charge in [-0.1, -0.05) is 30.3 Å². The van der Waals surface area contributed by atoms with Crippen molar-refractivity contribution in [3.05, 3.63) is 46.0 Å². The largest absolute Gasteiger partial charge is 0.453 e. The van der Waals surface area contributed by atoms with E-state index in [9.17, 15) is 14.9 Å². The minimum atomic E-state index is -0.934. The summed E-state index contributed by atoms with van der Waals surface area (Å²) in [5.74, 6) is 0. The number of hydrogen-bond donors (Lipinski definition) is 1. The molecule has 0 aliphatic rings. The molecule has 1 aromatic carbocycles. The molecule has 1 amide bonds. The van der Waals surface area contributed by atoms with E-state index in [1.807, 2.05) is 0 Å². The van der Waals surface area contributed by atoms with Gasteiger partial charge in [-0.2, -0.15) is 0 Å². The molecule has 0 aromatic heterocycles. The summed E-state index contributed by atoms with van der Waals surface area (Å²) >= 11 is 0. The van der Waals surface area contributed by atoms with Gasteiger partial charge in [-0.25, -0.2) is 4.79 Å². The second kappa shape index (κ2) is 5.83. The van der Waals surface area contributed by atoms with E-state index in [1.54, 1.807) is 30.3 Å². The molecule has 1 aromatic rings. The SMILES string of the molecule is COC(=O)N[C@@H](c1ccccc1)[C@@H](C)[N+](=O)[O-]. The van der Waals surface area contributed by atoms with Gasteiger partial charge in [0.15, 0.2) is 0 Å². The van der Waals surface area contributed by atoms with Gasteiger partial charge in [0.2, 0.25) is 6.04 Å². The molecule has 0 aliphatic carbocycles. The number of carbonyl (C=O) groups is 1. The Bertz CT molecular complexity index is 394. The van der Waals surface area contributed by atoms with Crippen molar-refractivity contribution in [2.75, 3.05) is 7.11 Å². The first-order valence-corrected chi connectivity index (χ1v) is 5.09. The van der Waals surface area contributed by atoms with Crippen LogP contribution in [0.1, 0.15) is 18.5 Å². The minimum absolute atomic E-state index is 0.437. The van der Waals surface area contributed by atoms with Crippen LogP contribution in [-0.4, -0.2) is 24.2 Å². The van der Waals surface area contributed by atoms with Crippen LogP contribution in [-0.2, 0) is 4.74 Å². The topological polar surface area (TPSA) is 81.5 Å². The zero-order valence-electron chi connectivity index (χ0n) is 9.62. The summed E-state index contributed by atoms with van der Waals surface area (Å²) in [6, 6.07) is 7.12. The Hall–Kier alpha value is -2.11. The zero-order valence-corrected chi connectivity index (χ0v) is 9.62. The number of hydrogen-bond acceptors (Lipinski definition) is 4. The molecule has 17 heavy (non-hydrogen) atoms. The lowest BCUT2D eigenvalue weighted by Crippen LogP contribution is -2.38. The fraction of sp³-hybridized carbons (Fsp3) is 0.364. The summed E-state index contributed by atoms with van der Waals surface area (Å²) in [5, 5.41) is 13.3. The Morgan fingerprint density at radius 1 is 1.41 bits per heavy atom. The van der Waals surface area contributed by atoms with Gasteiger partial charge in [0.1, 0.15) is 6.04 Å². The van der Waals surface area contributed by atoms with Crippen molar-refractivity contribution >= 4 is 6.09 Å². The number of alkyl carbamates (subject to hydrolysis) is 1. The summed E-state index contributed by atoms with van der Waals surface area (Å²) in [5.41, 5.74) is 0.669. The monoisotopic (exact) mass is 238 g/mol. The van der Waals surface area contributed by atoms with E-state index >= 15 is 0 Å². The molecule has 6 nitrogen and oxygen atoms in total. The molecule has 1 rings (SSSR count). The Balaban J connectivity index is 2.94. The summed E-state index contributed by atoms with van der Waals surface area (Å²) < 4.78 is 4.46. The van der Waals surface area contributed by atoms with E-state index in [1.165, 1.54) is 14.0 Å². The molecule has 92 valence electrons. The maximum absolute atomic E-state index is 11.2. The second-order valence-electron chi connectivity index (χ2n) is 3.55. The number of nitro groups is 1. The predicted molar refractivity (Wildman–Crippen MR) is 61.2 cm³/mol. The van der Waals surface area contributed by atoms with E-state index in [0.29, 0.717) is 5.56 Å². The lowest BCUT2D eigenvalue weighted by molar-refractivity contribution is -0.523. The van der Waals surface area contributed by atoms with Gasteiger partial charge in [-0.3, -0.25) is 10.1 Å². The van der Waals surface area contributed by atoms with Crippen LogP contribution in [0.15, 0.2) is 30.3 Å². The highest BCUT2D eigenvalue weighted by atomic mass is 16.6. The number of benzene rings is 1. The Kier molecular flexibility index (Phi) is 4.45. The van der Waals surface area contributed by atoms with Crippen LogP contribution in [0.25, 0.3) is 0 Å². The van der Waals surface area contributed by atoms with Gasteiger partial charge in [0, 0.05) is 11.8 Å². The average Bonchev–Trinajstić information content (AvgIpc) is 2.35. The van der Waals surface area contributed by atoms with Crippen molar-refractivity contribution in [2.45, 2.75) is 19.0 Å². The third kappa shape index (κ3) is 3.44. The minimum Gasteiger partial charge on any atom is -0.453 e. The molecule has 6 heteroatoms. The van der Waals surface area contributed by atoms with Crippen LogP contribution < -0.4 is 5.32 Å². The normalized spacial score (nSPS) is 13.5. The standard InChI is InChI=1S/C11H14N2O4/c1-8(13(15)16)10(12-11(14)17-2)9-6-4-3-5-7-9/h3-8,10H,1-2H3,(H,12,14)/t8-,10-/m1/s1. The molecule has 0 unspecified atom stereocenters. The zero-order chi connectivity index (χ0) is 12.8. The van der Waals surface area contributed by atoms with E-state index in [4.69, 9.17) is 0 Å². The number of rotatable bonds is 4. The predicted octanol–water partition coefficient (Wildman–Crippen LogP) is 1.75. The number of methoxy groups -OCH3 is 1. The molecule has 2 atom stereocenters. The Morgan fingerprint density at radius 3 is 2.47 bits per heavy atom. The van der Waals surface area contributed by atoms with E-state index in [-0.39, 0.29) is 0 Å². The molecule has 0 fully saturated rings. The smallest absolute Gasteiger partial charge is 0.407 e. The van der Waals surface area contributed by atoms with E-state index in [2.05, 4.69) is 10.1 Å². The van der Waals surface area contributed by atoms with Crippen molar-refractivity contribution in [3.63, 3.8) is 0 Å². The molecule has 0 aliphatic heterocycles. The average molecular weight is 238 g/mol. The van der Waals surface area contributed by atoms with Gasteiger partial charge in [-0.05, 0) is 5.56 Å². The first kappa shape index (κ1) is 13.0. The summed E-state index contributed by atoms with van der Waals surface area (Å²) in [6.07, 6.45) is -0.687. The maximum Gasteiger partial charge on any atom is 0.407 e. The fourth-order valence-electron chi connectivity index (χ4n) is 1.45. The van der Waals surface area contributed by atoms with Gasteiger partial charge in [-0.15, -0.1) is 0 Å². The number of nitrogens with zero attached hydrogens (tertiary/aromatic N) is 1. The fourth-order valence-corrected chi connectivity index (χ4v) is 1.45. The Morgan fingerprint density at radius 2 is 2.00 bits per heavy atom. The molecule has 0 bridgehead atoms. The van der Waals surface area contributed by atoms with Gasteiger partial charge >= 0.3 is 6.09 Å². The molecular formula is C11H14N2O4. The number of carbonyl (C=O) groups excluding carboxylic acids is 1. The van der Waals surface area contributed by atoms with Gasteiger partial charge in [0.05, 0.1) is 7.11 Å². The van der Waals surface area contributed by atoms with Crippen LogP contribution in [0.2, 0.25) is 0 Å². The molecular weight excluding hydrogens is 224 g/mol. The molecule has 1 N–H and O–H groups in total. The van der Waals surface area contributed by atoms with Crippen LogP contribution in [0.5, 0.6) is 0 Å². The van der Waals surface area contributed by atoms with E-state index in [0.717, 1.165) is 0 Å². The van der Waals surface area contributed by atoms with Gasteiger partial charge < -0.3 is 10.1 Å². The number of nitrogens with one attached hydrogen (secondary N) is 1. The number of amides is 1. The van der Waals surface area contributed by atoms with Crippen LogP contribution in [0.4, 0.5) is 4.79 Å². The van der Waals surface area contributed by atoms with Crippen LogP contribution in [0, 0.1) is 10.1 Å². The lowest BCUT2D eigenvalue weighted by Gasteiger charge is -2.19. The highest BCUT2D eigenvalue weighted by molar-refractivity contribution is 5.67. The quantitative estimate of drug-likeness (QED) is 0.640. The highest BCUT2D eigenvalue weighted by Gasteiger charge is 2.29. The molecule has 0 saturated heterocycles. The summed E-state index contributed by atoms with van der Waals surface area (Å²) in [6.45, 7) is 1.44. The van der Waals surface area contributed by atoms with Crippen molar-refractivity contribution < 1.29 is 14.5 Å². The maximum atomic E-state index is 11.2. The second-order valence-corrected chi connectivity index (χ2v) is 3.55. The van der Waals surface area contributed by atoms with Crippen molar-refractivity contribution in [1.29, 1.82) is 0 Å². The molecule has 0 spiro atoms. The van der Waals surface area contributed by atoms with Crippen LogP contribution >= 0.6 is 0 Å². The van der Waals surface area contributed by atoms with Crippen molar-refractivity contribution in [3.8, 4) is 0 Å². The van der Waals surface area contributed by atoms with E-state index < -0.39 is 23.1 Å². The van der Waals surface area contributed by atoms with Crippen molar-refractivity contribution in [1.82, 2.24) is 5.32 Å². The van der Waals surface area contributed by atoms with Crippen molar-refractivity contribution in [2.24, 2.45) is 0 Å².